The first-order chi connectivity index (χ1) is 12.2. The maximum atomic E-state index is 5.63. The number of hydrogen-bond donors (Lipinski definition) is 0. The van der Waals surface area contributed by atoms with Crippen molar-refractivity contribution in [3.8, 4) is 17.2 Å². The molecule has 0 radical (unpaired) electrons. The fourth-order valence-electron chi connectivity index (χ4n) is 2.83. The molecule has 128 valence electrons. The molecule has 0 amide bonds. The number of pyridine rings is 2. The molecule has 0 aliphatic heterocycles. The van der Waals surface area contributed by atoms with Crippen LogP contribution in [-0.2, 0) is 0 Å². The summed E-state index contributed by atoms with van der Waals surface area (Å²) in [5.74, 6) is 1.79. The molecule has 0 fully saturated rings. The highest BCUT2D eigenvalue weighted by atomic mass is 16.5. The van der Waals surface area contributed by atoms with Gasteiger partial charge in [0.1, 0.15) is 0 Å². The summed E-state index contributed by atoms with van der Waals surface area (Å²) in [4.78, 5) is 8.80. The zero-order chi connectivity index (χ0) is 17.8. The molecule has 1 aromatic carbocycles. The zero-order valence-corrected chi connectivity index (χ0v) is 14.7. The largest absolute Gasteiger partial charge is 0.493 e. The highest BCUT2D eigenvalue weighted by Crippen LogP contribution is 2.44. The van der Waals surface area contributed by atoms with Crippen LogP contribution in [0.3, 0.4) is 0 Å². The number of nitrogens with zero attached hydrogens (tertiary/aromatic N) is 2. The smallest absolute Gasteiger partial charge is 0.204 e. The van der Waals surface area contributed by atoms with Gasteiger partial charge in [0.15, 0.2) is 11.5 Å². The van der Waals surface area contributed by atoms with E-state index in [9.17, 15) is 0 Å². The van der Waals surface area contributed by atoms with E-state index < -0.39 is 0 Å². The summed E-state index contributed by atoms with van der Waals surface area (Å²) < 4.78 is 16.6. The monoisotopic (exact) mass is 336 g/mol. The van der Waals surface area contributed by atoms with Crippen LogP contribution in [0.2, 0.25) is 0 Å². The van der Waals surface area contributed by atoms with Gasteiger partial charge in [0.05, 0.1) is 32.4 Å². The lowest BCUT2D eigenvalue weighted by molar-refractivity contribution is 0.327. The fourth-order valence-corrected chi connectivity index (χ4v) is 2.83. The molecule has 0 atom stereocenters. The number of methoxy groups -OCH3 is 3. The Hall–Kier alpha value is -3.08. The van der Waals surface area contributed by atoms with Crippen molar-refractivity contribution in [1.29, 1.82) is 0 Å². The highest BCUT2D eigenvalue weighted by molar-refractivity contribution is 5.99. The molecular weight excluding hydrogens is 316 g/mol. The van der Waals surface area contributed by atoms with Crippen molar-refractivity contribution in [2.45, 2.75) is 6.92 Å². The molecule has 3 aromatic rings. The molecule has 0 unspecified atom stereocenters. The lowest BCUT2D eigenvalue weighted by atomic mass is 10.0. The summed E-state index contributed by atoms with van der Waals surface area (Å²) >= 11 is 0. The Balaban J connectivity index is 2.26. The molecule has 0 saturated heterocycles. The minimum absolute atomic E-state index is 0.555. The number of hydrogen-bond acceptors (Lipinski definition) is 5. The molecular formula is C20H20N2O3. The van der Waals surface area contributed by atoms with E-state index in [4.69, 9.17) is 14.2 Å². The fraction of sp³-hybridized carbons (Fsp3) is 0.200. The average Bonchev–Trinajstić information content (AvgIpc) is 2.64. The van der Waals surface area contributed by atoms with Gasteiger partial charge >= 0.3 is 0 Å². The molecule has 0 bridgehead atoms. The van der Waals surface area contributed by atoms with Crippen molar-refractivity contribution in [1.82, 2.24) is 9.97 Å². The van der Waals surface area contributed by atoms with Crippen LogP contribution in [0.25, 0.3) is 22.9 Å². The minimum atomic E-state index is 0.555. The summed E-state index contributed by atoms with van der Waals surface area (Å²) in [5, 5.41) is 1.86. The number of aryl methyl sites for hydroxylation is 1. The Kier molecular flexibility index (Phi) is 4.84. The average molecular weight is 336 g/mol. The van der Waals surface area contributed by atoms with E-state index in [-0.39, 0.29) is 0 Å². The van der Waals surface area contributed by atoms with Gasteiger partial charge < -0.3 is 14.2 Å². The van der Waals surface area contributed by atoms with Crippen LogP contribution >= 0.6 is 0 Å². The SMILES string of the molecule is COc1cc2cc(C)nc(C=Cc3cccnc3)c2c(OC)c1OC. The van der Waals surface area contributed by atoms with Crippen LogP contribution in [0, 0.1) is 6.92 Å². The van der Waals surface area contributed by atoms with Crippen molar-refractivity contribution in [3.05, 3.63) is 53.6 Å². The number of rotatable bonds is 5. The quantitative estimate of drug-likeness (QED) is 0.701. The second kappa shape index (κ2) is 7.21. The van der Waals surface area contributed by atoms with Crippen molar-refractivity contribution < 1.29 is 14.2 Å². The number of aromatic nitrogens is 2. The first-order valence-electron chi connectivity index (χ1n) is 7.86. The van der Waals surface area contributed by atoms with Gasteiger partial charge in [-0.05, 0) is 42.1 Å². The van der Waals surface area contributed by atoms with Gasteiger partial charge in [-0.1, -0.05) is 12.1 Å². The second-order valence-electron chi connectivity index (χ2n) is 5.51. The molecule has 3 rings (SSSR count). The number of ether oxygens (including phenoxy) is 3. The molecule has 0 aliphatic rings. The normalized spacial score (nSPS) is 11.0. The third-order valence-corrected chi connectivity index (χ3v) is 3.90. The lowest BCUT2D eigenvalue weighted by Gasteiger charge is -2.16. The van der Waals surface area contributed by atoms with Crippen molar-refractivity contribution in [2.24, 2.45) is 0 Å². The third kappa shape index (κ3) is 3.26. The van der Waals surface area contributed by atoms with Gasteiger partial charge in [-0.2, -0.15) is 0 Å². The maximum Gasteiger partial charge on any atom is 0.204 e. The zero-order valence-electron chi connectivity index (χ0n) is 14.7. The van der Waals surface area contributed by atoms with Crippen molar-refractivity contribution in [2.75, 3.05) is 21.3 Å². The van der Waals surface area contributed by atoms with E-state index in [2.05, 4.69) is 9.97 Å². The van der Waals surface area contributed by atoms with Gasteiger partial charge in [-0.25, -0.2) is 0 Å². The van der Waals surface area contributed by atoms with Crippen LogP contribution in [0.15, 0.2) is 36.7 Å². The van der Waals surface area contributed by atoms with Crippen molar-refractivity contribution in [3.63, 3.8) is 0 Å². The van der Waals surface area contributed by atoms with E-state index >= 15 is 0 Å². The summed E-state index contributed by atoms with van der Waals surface area (Å²) in [6, 6.07) is 7.83. The molecule has 5 nitrogen and oxygen atoms in total. The Labute approximate surface area is 146 Å². The third-order valence-electron chi connectivity index (χ3n) is 3.90. The second-order valence-corrected chi connectivity index (χ2v) is 5.51. The van der Waals surface area contributed by atoms with E-state index in [1.165, 1.54) is 0 Å². The van der Waals surface area contributed by atoms with E-state index in [0.29, 0.717) is 17.2 Å². The Morgan fingerprint density at radius 3 is 2.40 bits per heavy atom. The van der Waals surface area contributed by atoms with Crippen LogP contribution in [0.5, 0.6) is 17.2 Å². The topological polar surface area (TPSA) is 53.5 Å². The van der Waals surface area contributed by atoms with E-state index in [1.54, 1.807) is 33.7 Å². The van der Waals surface area contributed by atoms with Gasteiger partial charge in [-0.15, -0.1) is 0 Å². The van der Waals surface area contributed by atoms with Gasteiger partial charge in [0.2, 0.25) is 5.75 Å². The van der Waals surface area contributed by atoms with Gasteiger partial charge in [0, 0.05) is 18.1 Å². The standard InChI is InChI=1S/C20H20N2O3/c1-13-10-15-11-17(23-2)19(24-3)20(25-4)18(15)16(22-13)8-7-14-6-5-9-21-12-14/h5-12H,1-4H3. The molecule has 0 saturated carbocycles. The van der Waals surface area contributed by atoms with E-state index in [0.717, 1.165) is 27.7 Å². The molecule has 0 aliphatic carbocycles. The molecule has 5 heteroatoms. The summed E-state index contributed by atoms with van der Waals surface area (Å²) in [6.07, 6.45) is 7.48. The summed E-state index contributed by atoms with van der Waals surface area (Å²) in [6.45, 7) is 1.96. The van der Waals surface area contributed by atoms with Gasteiger partial charge in [-0.3, -0.25) is 9.97 Å². The lowest BCUT2D eigenvalue weighted by Crippen LogP contribution is -1.98. The van der Waals surface area contributed by atoms with Crippen LogP contribution < -0.4 is 14.2 Å². The predicted molar refractivity (Wildman–Crippen MR) is 99.3 cm³/mol. The Morgan fingerprint density at radius 2 is 1.76 bits per heavy atom. The minimum Gasteiger partial charge on any atom is -0.493 e. The molecule has 2 heterocycles. The molecule has 2 aromatic heterocycles. The molecule has 0 N–H and O–H groups in total. The van der Waals surface area contributed by atoms with Crippen molar-refractivity contribution >= 4 is 22.9 Å². The molecule has 25 heavy (non-hydrogen) atoms. The van der Waals surface area contributed by atoms with Crippen LogP contribution in [-0.4, -0.2) is 31.3 Å². The first-order valence-corrected chi connectivity index (χ1v) is 7.86. The van der Waals surface area contributed by atoms with Crippen LogP contribution in [0.1, 0.15) is 17.0 Å². The number of fused-ring (bicyclic) bond motifs is 1. The highest BCUT2D eigenvalue weighted by Gasteiger charge is 2.18. The first kappa shape index (κ1) is 16.8. The Morgan fingerprint density at radius 1 is 0.960 bits per heavy atom. The summed E-state index contributed by atoms with van der Waals surface area (Å²) in [5.41, 5.74) is 2.71. The van der Waals surface area contributed by atoms with E-state index in [1.807, 2.05) is 43.3 Å². The predicted octanol–water partition coefficient (Wildman–Crippen LogP) is 4.13. The maximum absolute atomic E-state index is 5.63. The van der Waals surface area contributed by atoms with Crippen LogP contribution in [0.4, 0.5) is 0 Å². The van der Waals surface area contributed by atoms with Gasteiger partial charge in [0.25, 0.3) is 0 Å². The Bertz CT molecular complexity index is 921. The molecule has 0 spiro atoms. The summed E-state index contributed by atoms with van der Waals surface area (Å²) in [7, 11) is 4.82. The number of benzene rings is 1.